The van der Waals surface area contributed by atoms with Gasteiger partial charge in [-0.25, -0.2) is 0 Å². The van der Waals surface area contributed by atoms with E-state index in [1.54, 1.807) is 12.1 Å². The average Bonchev–Trinajstić information content (AvgIpc) is 3.38. The van der Waals surface area contributed by atoms with Gasteiger partial charge in [-0.05, 0) is 29.6 Å². The number of hydrogen-bond donors (Lipinski definition) is 3. The molecule has 3 aromatic rings. The van der Waals surface area contributed by atoms with Crippen molar-refractivity contribution in [2.24, 2.45) is 0 Å². The number of anilines is 1. The van der Waals surface area contributed by atoms with Crippen LogP contribution in [0.25, 0.3) is 0 Å². The highest BCUT2D eigenvalue weighted by Gasteiger charge is 2.20. The number of aliphatic hydroxyl groups is 1. The maximum absolute atomic E-state index is 12.0. The molecule has 2 aromatic heterocycles. The van der Waals surface area contributed by atoms with Gasteiger partial charge in [0.1, 0.15) is 11.8 Å². The summed E-state index contributed by atoms with van der Waals surface area (Å²) in [6.07, 6.45) is -0.726. The predicted molar refractivity (Wildman–Crippen MR) is 106 cm³/mol. The Morgan fingerprint density at radius 1 is 1.07 bits per heavy atom. The number of benzene rings is 1. The van der Waals surface area contributed by atoms with Crippen LogP contribution in [0.3, 0.4) is 0 Å². The number of aliphatic hydroxyl groups excluding tert-OH is 1. The lowest BCUT2D eigenvalue weighted by Crippen LogP contribution is -2.34. The fourth-order valence-corrected chi connectivity index (χ4v) is 4.15. The van der Waals surface area contributed by atoms with Gasteiger partial charge in [0.05, 0.1) is 11.5 Å². The molecule has 2 amide bonds. The maximum Gasteiger partial charge on any atom is 0.313 e. The van der Waals surface area contributed by atoms with Crippen LogP contribution in [0.1, 0.15) is 20.7 Å². The Hall–Kier alpha value is -3.08. The van der Waals surface area contributed by atoms with Crippen molar-refractivity contribution in [3.8, 4) is 0 Å². The molecule has 1 aromatic carbocycles. The molecule has 1 atom stereocenters. The van der Waals surface area contributed by atoms with Gasteiger partial charge >= 0.3 is 11.8 Å². The fraction of sp³-hybridized carbons (Fsp3) is 0.111. The van der Waals surface area contributed by atoms with Crippen molar-refractivity contribution in [3.05, 3.63) is 78.7 Å². The van der Waals surface area contributed by atoms with Gasteiger partial charge in [-0.1, -0.05) is 18.2 Å². The molecule has 3 N–H and O–H groups in total. The van der Waals surface area contributed by atoms with E-state index in [-0.39, 0.29) is 17.9 Å². The number of nitro groups is 1. The van der Waals surface area contributed by atoms with Gasteiger partial charge in [-0.3, -0.25) is 19.7 Å². The number of thiophene rings is 2. The summed E-state index contributed by atoms with van der Waals surface area (Å²) in [6.45, 7) is 0.102. The molecule has 0 aliphatic rings. The molecule has 8 nitrogen and oxygen atoms in total. The standard InChI is InChI=1S/C18H15N3O5S2/c22-16(14-6-3-9-27-14)15-8-7-11(28-15)10-19-17(23)18(24)20-12-4-1-2-5-13(12)21(25)26/h1-9,16,22H,10H2,(H,19,23)(H,20,24). The molecular weight excluding hydrogens is 402 g/mol. The van der Waals surface area contributed by atoms with Crippen molar-refractivity contribution >= 4 is 45.9 Å². The van der Waals surface area contributed by atoms with Crippen LogP contribution in [-0.2, 0) is 16.1 Å². The molecule has 0 aliphatic heterocycles. The van der Waals surface area contributed by atoms with Crippen LogP contribution in [0.15, 0.2) is 53.9 Å². The first-order valence-electron chi connectivity index (χ1n) is 8.08. The lowest BCUT2D eigenvalue weighted by Gasteiger charge is -2.06. The lowest BCUT2D eigenvalue weighted by molar-refractivity contribution is -0.383. The maximum atomic E-state index is 12.0. The highest BCUT2D eigenvalue weighted by atomic mass is 32.1. The molecule has 10 heteroatoms. The smallest absolute Gasteiger partial charge is 0.313 e. The molecule has 2 heterocycles. The zero-order valence-electron chi connectivity index (χ0n) is 14.3. The zero-order valence-corrected chi connectivity index (χ0v) is 16.0. The molecule has 0 radical (unpaired) electrons. The molecular formula is C18H15N3O5S2. The summed E-state index contributed by atoms with van der Waals surface area (Å²) in [4.78, 5) is 36.6. The van der Waals surface area contributed by atoms with Crippen molar-refractivity contribution in [1.82, 2.24) is 5.32 Å². The minimum atomic E-state index is -0.996. The summed E-state index contributed by atoms with van der Waals surface area (Å²) in [5.41, 5.74) is -0.348. The number of nitrogens with zero attached hydrogens (tertiary/aromatic N) is 1. The Morgan fingerprint density at radius 3 is 2.57 bits per heavy atom. The second-order valence-electron chi connectivity index (χ2n) is 5.63. The first kappa shape index (κ1) is 19.7. The van der Waals surface area contributed by atoms with Crippen molar-refractivity contribution in [1.29, 1.82) is 0 Å². The number of hydrogen-bond acceptors (Lipinski definition) is 7. The topological polar surface area (TPSA) is 122 Å². The second-order valence-corrected chi connectivity index (χ2v) is 7.81. The van der Waals surface area contributed by atoms with Crippen LogP contribution >= 0.6 is 22.7 Å². The molecule has 0 saturated heterocycles. The molecule has 0 saturated carbocycles. The normalized spacial score (nSPS) is 11.6. The monoisotopic (exact) mass is 417 g/mol. The summed E-state index contributed by atoms with van der Waals surface area (Å²) in [5, 5.41) is 27.9. The first-order chi connectivity index (χ1) is 13.5. The quantitative estimate of drug-likeness (QED) is 0.323. The van der Waals surface area contributed by atoms with E-state index >= 15 is 0 Å². The number of para-hydroxylation sites is 2. The van der Waals surface area contributed by atoms with Gasteiger partial charge in [0.15, 0.2) is 0 Å². The first-order valence-corrected chi connectivity index (χ1v) is 9.78. The Morgan fingerprint density at radius 2 is 1.86 bits per heavy atom. The van der Waals surface area contributed by atoms with Crippen molar-refractivity contribution in [3.63, 3.8) is 0 Å². The van der Waals surface area contributed by atoms with Crippen molar-refractivity contribution in [2.45, 2.75) is 12.6 Å². The van der Waals surface area contributed by atoms with Crippen LogP contribution < -0.4 is 10.6 Å². The molecule has 0 bridgehead atoms. The summed E-state index contributed by atoms with van der Waals surface area (Å²) >= 11 is 2.77. The summed E-state index contributed by atoms with van der Waals surface area (Å²) < 4.78 is 0. The minimum Gasteiger partial charge on any atom is -0.382 e. The molecule has 0 aliphatic carbocycles. The van der Waals surface area contributed by atoms with Gasteiger partial charge in [-0.2, -0.15) is 0 Å². The highest BCUT2D eigenvalue weighted by Crippen LogP contribution is 2.30. The van der Waals surface area contributed by atoms with Gasteiger partial charge in [0.25, 0.3) is 5.69 Å². The van der Waals surface area contributed by atoms with Gasteiger partial charge in [0, 0.05) is 20.7 Å². The van der Waals surface area contributed by atoms with Gasteiger partial charge in [0.2, 0.25) is 0 Å². The summed E-state index contributed by atoms with van der Waals surface area (Å²) in [7, 11) is 0. The lowest BCUT2D eigenvalue weighted by atomic mass is 10.2. The van der Waals surface area contributed by atoms with Crippen LogP contribution in [-0.4, -0.2) is 21.8 Å². The second kappa shape index (κ2) is 8.74. The van der Waals surface area contributed by atoms with E-state index in [1.165, 1.54) is 46.9 Å². The largest absolute Gasteiger partial charge is 0.382 e. The Bertz CT molecular complexity index is 1000. The number of nitro benzene ring substituents is 1. The van der Waals surface area contributed by atoms with Crippen molar-refractivity contribution < 1.29 is 19.6 Å². The molecule has 3 rings (SSSR count). The summed E-state index contributed by atoms with van der Waals surface area (Å²) in [5.74, 6) is -1.91. The SMILES string of the molecule is O=C(NCc1ccc(C(O)c2cccs2)s1)C(=O)Nc1ccccc1[N+](=O)[O-]. The molecule has 0 spiro atoms. The number of carbonyl (C=O) groups is 2. The van der Waals surface area contributed by atoms with Crippen LogP contribution in [0.2, 0.25) is 0 Å². The van der Waals surface area contributed by atoms with Gasteiger partial charge < -0.3 is 15.7 Å². The van der Waals surface area contributed by atoms with E-state index in [0.717, 1.165) is 14.6 Å². The summed E-state index contributed by atoms with van der Waals surface area (Å²) in [6, 6.07) is 12.8. The number of carbonyl (C=O) groups excluding carboxylic acids is 2. The third kappa shape index (κ3) is 4.60. The third-order valence-electron chi connectivity index (χ3n) is 3.74. The fourth-order valence-electron chi connectivity index (χ4n) is 2.39. The number of amides is 2. The van der Waals surface area contributed by atoms with E-state index in [9.17, 15) is 24.8 Å². The van der Waals surface area contributed by atoms with E-state index in [2.05, 4.69) is 10.6 Å². The predicted octanol–water partition coefficient (Wildman–Crippen LogP) is 3.05. The molecule has 0 fully saturated rings. The number of nitrogens with one attached hydrogen (secondary N) is 2. The minimum absolute atomic E-state index is 0.0508. The number of rotatable bonds is 6. The Balaban J connectivity index is 1.57. The van der Waals surface area contributed by atoms with Crippen LogP contribution in [0.4, 0.5) is 11.4 Å². The average molecular weight is 417 g/mol. The molecule has 144 valence electrons. The third-order valence-corrected chi connectivity index (χ3v) is 5.81. The van der Waals surface area contributed by atoms with E-state index in [1.807, 2.05) is 17.5 Å². The van der Waals surface area contributed by atoms with E-state index in [0.29, 0.717) is 0 Å². The van der Waals surface area contributed by atoms with Crippen LogP contribution in [0, 0.1) is 10.1 Å². The van der Waals surface area contributed by atoms with Crippen LogP contribution in [0.5, 0.6) is 0 Å². The zero-order chi connectivity index (χ0) is 20.1. The highest BCUT2D eigenvalue weighted by molar-refractivity contribution is 7.12. The Kier molecular flexibility index (Phi) is 6.14. The van der Waals surface area contributed by atoms with E-state index in [4.69, 9.17) is 0 Å². The molecule has 28 heavy (non-hydrogen) atoms. The Labute approximate surface area is 167 Å². The van der Waals surface area contributed by atoms with E-state index < -0.39 is 22.8 Å². The van der Waals surface area contributed by atoms with Gasteiger partial charge in [-0.15, -0.1) is 22.7 Å². The van der Waals surface area contributed by atoms with Crippen molar-refractivity contribution in [2.75, 3.05) is 5.32 Å². The molecule has 1 unspecified atom stereocenters.